The number of hydrogen-bond donors (Lipinski definition) is 0. The van der Waals surface area contributed by atoms with Gasteiger partial charge in [-0.3, -0.25) is 0 Å². The summed E-state index contributed by atoms with van der Waals surface area (Å²) in [6.07, 6.45) is -4.41. The van der Waals surface area contributed by atoms with E-state index >= 15 is 0 Å². The summed E-state index contributed by atoms with van der Waals surface area (Å²) in [5.41, 5.74) is -0.903. The van der Waals surface area contributed by atoms with Crippen molar-refractivity contribution in [3.05, 3.63) is 10.6 Å². The van der Waals surface area contributed by atoms with E-state index in [1.54, 1.807) is 0 Å². The molecule has 7 heteroatoms. The van der Waals surface area contributed by atoms with Crippen LogP contribution in [-0.4, -0.2) is 26.7 Å². The molecule has 0 N–H and O–H groups in total. The second kappa shape index (κ2) is 7.89. The van der Waals surface area contributed by atoms with Crippen molar-refractivity contribution < 1.29 is 41.5 Å². The molecule has 2 nitrogen and oxygen atoms in total. The Hall–Kier alpha value is 0.527. The molecule has 0 amide bonds. The van der Waals surface area contributed by atoms with Crippen molar-refractivity contribution in [2.75, 3.05) is 20.5 Å². The van der Waals surface area contributed by atoms with E-state index < -0.39 is 18.4 Å². The zero-order valence-electron chi connectivity index (χ0n) is 7.24. The first-order valence-electron chi connectivity index (χ1n) is 2.88. The van der Waals surface area contributed by atoms with E-state index in [1.807, 2.05) is 4.99 Å². The Balaban J connectivity index is 0. The first kappa shape index (κ1) is 16.0. The van der Waals surface area contributed by atoms with Crippen molar-refractivity contribution >= 4 is 15.9 Å². The predicted octanol–water partition coefficient (Wildman–Crippen LogP) is -0.745. The fourth-order valence-corrected chi connectivity index (χ4v) is 0.729. The number of ether oxygens (including phenoxy) is 2. The van der Waals surface area contributed by atoms with Crippen molar-refractivity contribution in [1.29, 1.82) is 0 Å². The molecule has 0 aromatic heterocycles. The Bertz CT molecular complexity index is 160. The molecule has 0 fully saturated rings. The van der Waals surface area contributed by atoms with Crippen LogP contribution in [-0.2, 0) is 9.47 Å². The largest absolute Gasteiger partial charge is 1.00 e. The monoisotopic (exact) mass is 254 g/mol. The van der Waals surface area contributed by atoms with Crippen LogP contribution in [0.3, 0.4) is 0 Å². The smallest absolute Gasteiger partial charge is 0.412 e. The van der Waals surface area contributed by atoms with Crippen LogP contribution >= 0.6 is 15.9 Å². The van der Waals surface area contributed by atoms with Gasteiger partial charge in [-0.2, -0.15) is 13.2 Å². The van der Waals surface area contributed by atoms with Gasteiger partial charge in [0.1, 0.15) is 6.79 Å². The molecular weight excluding hydrogens is 248 g/mol. The summed E-state index contributed by atoms with van der Waals surface area (Å²) in [5.74, 6) is 0. The SMILES string of the molecule is COCOCC(=[C-]Br)C(F)(F)F.[Li+]. The van der Waals surface area contributed by atoms with Crippen molar-refractivity contribution in [3.63, 3.8) is 0 Å². The topological polar surface area (TPSA) is 18.5 Å². The quantitative estimate of drug-likeness (QED) is 0.285. The Morgan fingerprint density at radius 1 is 1.46 bits per heavy atom. The summed E-state index contributed by atoms with van der Waals surface area (Å²) < 4.78 is 44.6. The second-order valence-corrected chi connectivity index (χ2v) is 2.22. The third-order valence-electron chi connectivity index (χ3n) is 0.904. The summed E-state index contributed by atoms with van der Waals surface area (Å²) in [6.45, 7) is -0.739. The normalized spacial score (nSPS) is 12.5. The summed E-state index contributed by atoms with van der Waals surface area (Å²) in [4.78, 5) is 1.82. The summed E-state index contributed by atoms with van der Waals surface area (Å²) in [7, 11) is 1.33. The van der Waals surface area contributed by atoms with Crippen LogP contribution in [0.5, 0.6) is 0 Å². The molecule has 0 bridgehead atoms. The van der Waals surface area contributed by atoms with E-state index in [0.717, 1.165) is 0 Å². The standard InChI is InChI=1S/C6H7BrF3O2.Li/c1-11-4-12-3-5(2-7)6(8,9)10;/h3-4H2,1H3;/q-1;+1. The fraction of sp³-hybridized carbons (Fsp3) is 0.667. The van der Waals surface area contributed by atoms with E-state index in [1.165, 1.54) is 7.11 Å². The molecule has 0 radical (unpaired) electrons. The maximum absolute atomic E-state index is 11.9. The van der Waals surface area contributed by atoms with Crippen LogP contribution in [0.25, 0.3) is 0 Å². The van der Waals surface area contributed by atoms with Crippen LogP contribution in [0, 0.1) is 4.99 Å². The number of halogens is 4. The third-order valence-corrected chi connectivity index (χ3v) is 1.38. The molecule has 0 rings (SSSR count). The molecule has 0 atom stereocenters. The van der Waals surface area contributed by atoms with Gasteiger partial charge in [0.05, 0.1) is 0 Å². The number of rotatable bonds is 4. The summed E-state index contributed by atoms with van der Waals surface area (Å²) in [5, 5.41) is 0. The number of alkyl halides is 3. The molecule has 0 saturated heterocycles. The molecule has 0 aliphatic heterocycles. The van der Waals surface area contributed by atoms with Crippen LogP contribution < -0.4 is 18.9 Å². The Morgan fingerprint density at radius 3 is 2.31 bits per heavy atom. The third kappa shape index (κ3) is 7.59. The summed E-state index contributed by atoms with van der Waals surface area (Å²) >= 11 is 2.48. The average Bonchev–Trinajstić information content (AvgIpc) is 1.95. The molecule has 0 aromatic carbocycles. The van der Waals surface area contributed by atoms with E-state index in [2.05, 4.69) is 25.4 Å². The molecule has 0 aliphatic rings. The molecule has 72 valence electrons. The summed E-state index contributed by atoms with van der Waals surface area (Å²) in [6, 6.07) is 0. The molecule has 0 unspecified atom stereocenters. The Kier molecular flexibility index (Phi) is 9.69. The van der Waals surface area contributed by atoms with Gasteiger partial charge in [-0.25, -0.2) is 0 Å². The fourth-order valence-electron chi connectivity index (χ4n) is 0.390. The van der Waals surface area contributed by atoms with Gasteiger partial charge in [0, 0.05) is 13.7 Å². The predicted molar refractivity (Wildman–Crippen MR) is 39.6 cm³/mol. The van der Waals surface area contributed by atoms with Gasteiger partial charge in [0.2, 0.25) is 0 Å². The van der Waals surface area contributed by atoms with Gasteiger partial charge in [0.15, 0.2) is 0 Å². The Morgan fingerprint density at radius 2 is 2.00 bits per heavy atom. The number of hydrogen-bond acceptors (Lipinski definition) is 2. The van der Waals surface area contributed by atoms with Crippen LogP contribution in [0.4, 0.5) is 13.2 Å². The van der Waals surface area contributed by atoms with Gasteiger partial charge in [0.25, 0.3) is 0 Å². The molecule has 0 saturated carbocycles. The van der Waals surface area contributed by atoms with Gasteiger partial charge in [-0.15, -0.1) is 5.57 Å². The molecule has 0 heterocycles. The maximum atomic E-state index is 11.9. The van der Waals surface area contributed by atoms with Crippen LogP contribution in [0.1, 0.15) is 0 Å². The maximum Gasteiger partial charge on any atom is 1.00 e. The van der Waals surface area contributed by atoms with Crippen molar-refractivity contribution in [1.82, 2.24) is 0 Å². The molecule has 0 aliphatic carbocycles. The van der Waals surface area contributed by atoms with Crippen molar-refractivity contribution in [3.8, 4) is 0 Å². The van der Waals surface area contributed by atoms with Crippen molar-refractivity contribution in [2.45, 2.75) is 6.18 Å². The second-order valence-electron chi connectivity index (χ2n) is 1.83. The van der Waals surface area contributed by atoms with E-state index in [0.29, 0.717) is 0 Å². The first-order chi connectivity index (χ1) is 5.52. The van der Waals surface area contributed by atoms with Gasteiger partial charge in [-0.05, 0) is 0 Å². The van der Waals surface area contributed by atoms with Gasteiger partial charge >= 0.3 is 25.0 Å². The molecule has 0 aromatic rings. The Labute approximate surface area is 94.8 Å². The van der Waals surface area contributed by atoms with E-state index in [4.69, 9.17) is 0 Å². The average molecular weight is 255 g/mol. The molecule has 13 heavy (non-hydrogen) atoms. The zero-order chi connectivity index (χ0) is 9.61. The minimum atomic E-state index is -4.41. The van der Waals surface area contributed by atoms with Gasteiger partial charge in [-0.1, -0.05) is 0 Å². The zero-order valence-corrected chi connectivity index (χ0v) is 8.83. The molecular formula is C6H7BrF3LiO2. The number of methoxy groups -OCH3 is 1. The minimum Gasteiger partial charge on any atom is -0.412 e. The van der Waals surface area contributed by atoms with Crippen molar-refractivity contribution in [2.24, 2.45) is 0 Å². The molecule has 0 spiro atoms. The first-order valence-corrected chi connectivity index (χ1v) is 3.68. The van der Waals surface area contributed by atoms with Crippen LogP contribution in [0.2, 0.25) is 0 Å². The van der Waals surface area contributed by atoms with Gasteiger partial charge < -0.3 is 30.4 Å². The minimum absolute atomic E-state index is 0. The van der Waals surface area contributed by atoms with E-state index in [9.17, 15) is 13.2 Å². The van der Waals surface area contributed by atoms with E-state index in [-0.39, 0.29) is 25.7 Å². The van der Waals surface area contributed by atoms with Crippen LogP contribution in [0.15, 0.2) is 5.57 Å².